The standard InChI is InChI=1S/C18H25N3O2/c1-4-12-21-14(3)17(13(2)20-21)18(23)19-11-10-16(22)15-8-6-5-7-9-15/h5-9,16,22H,4,10-12H2,1-3H3,(H,19,23). The minimum Gasteiger partial charge on any atom is -0.388 e. The molecular weight excluding hydrogens is 290 g/mol. The average Bonchev–Trinajstić information content (AvgIpc) is 2.82. The van der Waals surface area contributed by atoms with E-state index in [4.69, 9.17) is 0 Å². The minimum absolute atomic E-state index is 0.123. The second-order valence-corrected chi connectivity index (χ2v) is 5.74. The molecule has 0 spiro atoms. The van der Waals surface area contributed by atoms with E-state index in [0.29, 0.717) is 18.5 Å². The van der Waals surface area contributed by atoms with Gasteiger partial charge in [-0.05, 0) is 32.3 Å². The number of nitrogens with one attached hydrogen (secondary N) is 1. The molecule has 0 aliphatic carbocycles. The first-order chi connectivity index (χ1) is 11.0. The van der Waals surface area contributed by atoms with Crippen LogP contribution in [0.1, 0.15) is 53.2 Å². The lowest BCUT2D eigenvalue weighted by Crippen LogP contribution is -2.26. The third kappa shape index (κ3) is 4.20. The molecule has 1 aromatic carbocycles. The second-order valence-electron chi connectivity index (χ2n) is 5.74. The normalized spacial score (nSPS) is 12.2. The van der Waals surface area contributed by atoms with Crippen LogP contribution in [0.5, 0.6) is 0 Å². The summed E-state index contributed by atoms with van der Waals surface area (Å²) in [6, 6.07) is 9.47. The molecule has 5 nitrogen and oxygen atoms in total. The molecule has 2 aromatic rings. The summed E-state index contributed by atoms with van der Waals surface area (Å²) in [4.78, 5) is 12.4. The zero-order chi connectivity index (χ0) is 16.8. The summed E-state index contributed by atoms with van der Waals surface area (Å²) in [7, 11) is 0. The van der Waals surface area contributed by atoms with Crippen LogP contribution in [0.15, 0.2) is 30.3 Å². The molecule has 124 valence electrons. The number of aryl methyl sites for hydroxylation is 2. The lowest BCUT2D eigenvalue weighted by molar-refractivity contribution is 0.0941. The Balaban J connectivity index is 1.93. The van der Waals surface area contributed by atoms with Crippen molar-refractivity contribution in [3.05, 3.63) is 52.8 Å². The Morgan fingerprint density at radius 1 is 1.30 bits per heavy atom. The Morgan fingerprint density at radius 3 is 2.65 bits per heavy atom. The molecule has 1 heterocycles. The third-order valence-corrected chi connectivity index (χ3v) is 3.93. The quantitative estimate of drug-likeness (QED) is 0.825. The predicted molar refractivity (Wildman–Crippen MR) is 90.3 cm³/mol. The summed E-state index contributed by atoms with van der Waals surface area (Å²) < 4.78 is 1.88. The molecule has 23 heavy (non-hydrogen) atoms. The number of aromatic nitrogens is 2. The molecule has 0 saturated heterocycles. The van der Waals surface area contributed by atoms with Crippen LogP contribution in [0.4, 0.5) is 0 Å². The van der Waals surface area contributed by atoms with E-state index in [0.717, 1.165) is 29.9 Å². The fourth-order valence-corrected chi connectivity index (χ4v) is 2.71. The van der Waals surface area contributed by atoms with Gasteiger partial charge < -0.3 is 10.4 Å². The Labute approximate surface area is 137 Å². The van der Waals surface area contributed by atoms with Gasteiger partial charge in [0.1, 0.15) is 0 Å². The molecule has 1 atom stereocenters. The van der Waals surface area contributed by atoms with Gasteiger partial charge in [-0.2, -0.15) is 5.10 Å². The third-order valence-electron chi connectivity index (χ3n) is 3.93. The first kappa shape index (κ1) is 17.2. The zero-order valence-electron chi connectivity index (χ0n) is 14.0. The number of carbonyl (C=O) groups is 1. The number of rotatable bonds is 7. The van der Waals surface area contributed by atoms with Crippen LogP contribution in [-0.4, -0.2) is 27.3 Å². The molecule has 2 rings (SSSR count). The molecule has 0 saturated carbocycles. The Kier molecular flexibility index (Phi) is 5.93. The van der Waals surface area contributed by atoms with Crippen molar-refractivity contribution < 1.29 is 9.90 Å². The fraction of sp³-hybridized carbons (Fsp3) is 0.444. The van der Waals surface area contributed by atoms with Crippen molar-refractivity contribution in [1.29, 1.82) is 0 Å². The second kappa shape index (κ2) is 7.92. The highest BCUT2D eigenvalue weighted by atomic mass is 16.3. The number of hydrogen-bond donors (Lipinski definition) is 2. The Morgan fingerprint density at radius 2 is 2.00 bits per heavy atom. The molecule has 5 heteroatoms. The summed E-state index contributed by atoms with van der Waals surface area (Å²) in [5.41, 5.74) is 3.15. The molecule has 0 aliphatic rings. The highest BCUT2D eigenvalue weighted by Gasteiger charge is 2.18. The number of aliphatic hydroxyl groups is 1. The number of amides is 1. The van der Waals surface area contributed by atoms with Crippen LogP contribution in [0.3, 0.4) is 0 Å². The number of benzene rings is 1. The summed E-state index contributed by atoms with van der Waals surface area (Å²) >= 11 is 0. The highest BCUT2D eigenvalue weighted by Crippen LogP contribution is 2.16. The van der Waals surface area contributed by atoms with E-state index in [1.807, 2.05) is 48.9 Å². The van der Waals surface area contributed by atoms with Gasteiger partial charge in [-0.25, -0.2) is 0 Å². The van der Waals surface area contributed by atoms with Crippen molar-refractivity contribution >= 4 is 5.91 Å². The number of carbonyl (C=O) groups excluding carboxylic acids is 1. The van der Waals surface area contributed by atoms with Crippen molar-refractivity contribution in [2.45, 2.75) is 46.3 Å². The van der Waals surface area contributed by atoms with Crippen molar-refractivity contribution in [1.82, 2.24) is 15.1 Å². The fourth-order valence-electron chi connectivity index (χ4n) is 2.71. The monoisotopic (exact) mass is 315 g/mol. The van der Waals surface area contributed by atoms with E-state index in [-0.39, 0.29) is 5.91 Å². The highest BCUT2D eigenvalue weighted by molar-refractivity contribution is 5.96. The van der Waals surface area contributed by atoms with Crippen LogP contribution in [0, 0.1) is 13.8 Å². The van der Waals surface area contributed by atoms with E-state index >= 15 is 0 Å². The van der Waals surface area contributed by atoms with Crippen LogP contribution in [0.25, 0.3) is 0 Å². The van der Waals surface area contributed by atoms with Gasteiger partial charge in [-0.3, -0.25) is 9.48 Å². The van der Waals surface area contributed by atoms with Crippen LogP contribution in [-0.2, 0) is 6.54 Å². The molecule has 0 aliphatic heterocycles. The van der Waals surface area contributed by atoms with Gasteiger partial charge >= 0.3 is 0 Å². The van der Waals surface area contributed by atoms with Gasteiger partial charge in [0.2, 0.25) is 0 Å². The maximum absolute atomic E-state index is 12.4. The average molecular weight is 315 g/mol. The summed E-state index contributed by atoms with van der Waals surface area (Å²) in [5.74, 6) is -0.123. The molecule has 1 amide bonds. The van der Waals surface area contributed by atoms with Crippen molar-refractivity contribution in [3.8, 4) is 0 Å². The Hall–Kier alpha value is -2.14. The molecule has 0 bridgehead atoms. The van der Waals surface area contributed by atoms with E-state index in [9.17, 15) is 9.90 Å². The lowest BCUT2D eigenvalue weighted by atomic mass is 10.1. The first-order valence-electron chi connectivity index (χ1n) is 8.09. The van der Waals surface area contributed by atoms with Crippen LogP contribution >= 0.6 is 0 Å². The number of aliphatic hydroxyl groups excluding tert-OH is 1. The van der Waals surface area contributed by atoms with Crippen LogP contribution in [0.2, 0.25) is 0 Å². The SMILES string of the molecule is CCCn1nc(C)c(C(=O)NCCC(O)c2ccccc2)c1C. The zero-order valence-corrected chi connectivity index (χ0v) is 14.0. The molecule has 0 radical (unpaired) electrons. The largest absolute Gasteiger partial charge is 0.388 e. The number of hydrogen-bond acceptors (Lipinski definition) is 3. The molecule has 2 N–H and O–H groups in total. The van der Waals surface area contributed by atoms with Gasteiger partial charge in [0.05, 0.1) is 17.4 Å². The minimum atomic E-state index is -0.568. The molecule has 1 unspecified atom stereocenters. The first-order valence-corrected chi connectivity index (χ1v) is 8.09. The molecule has 1 aromatic heterocycles. The van der Waals surface area contributed by atoms with Crippen molar-refractivity contribution in [3.63, 3.8) is 0 Å². The predicted octanol–water partition coefficient (Wildman–Crippen LogP) is 2.76. The Bertz CT molecular complexity index is 650. The van der Waals surface area contributed by atoms with E-state index in [1.165, 1.54) is 0 Å². The van der Waals surface area contributed by atoms with Gasteiger partial charge in [-0.1, -0.05) is 37.3 Å². The van der Waals surface area contributed by atoms with Crippen molar-refractivity contribution in [2.24, 2.45) is 0 Å². The van der Waals surface area contributed by atoms with Gasteiger partial charge in [-0.15, -0.1) is 0 Å². The van der Waals surface area contributed by atoms with Gasteiger partial charge in [0.15, 0.2) is 0 Å². The van der Waals surface area contributed by atoms with Crippen molar-refractivity contribution in [2.75, 3.05) is 6.54 Å². The van der Waals surface area contributed by atoms with Gasteiger partial charge in [0, 0.05) is 18.8 Å². The molecular formula is C18H25N3O2. The number of nitrogens with zero attached hydrogens (tertiary/aromatic N) is 2. The summed E-state index contributed by atoms with van der Waals surface area (Å²) in [5, 5.41) is 17.4. The summed E-state index contributed by atoms with van der Waals surface area (Å²) in [6.45, 7) is 7.09. The smallest absolute Gasteiger partial charge is 0.255 e. The maximum Gasteiger partial charge on any atom is 0.255 e. The molecule has 0 fully saturated rings. The van der Waals surface area contributed by atoms with Gasteiger partial charge in [0.25, 0.3) is 5.91 Å². The van der Waals surface area contributed by atoms with E-state index in [2.05, 4.69) is 17.3 Å². The van der Waals surface area contributed by atoms with E-state index < -0.39 is 6.10 Å². The van der Waals surface area contributed by atoms with Crippen LogP contribution < -0.4 is 5.32 Å². The maximum atomic E-state index is 12.4. The topological polar surface area (TPSA) is 67.2 Å². The summed E-state index contributed by atoms with van der Waals surface area (Å²) in [6.07, 6.45) is 0.893. The van der Waals surface area contributed by atoms with E-state index in [1.54, 1.807) is 0 Å². The lowest BCUT2D eigenvalue weighted by Gasteiger charge is -2.11.